The van der Waals surface area contributed by atoms with Crippen LogP contribution in [-0.4, -0.2) is 41.8 Å². The van der Waals surface area contributed by atoms with E-state index in [1.165, 1.54) is 0 Å². The Labute approximate surface area is 129 Å². The lowest BCUT2D eigenvalue weighted by Crippen LogP contribution is -2.44. The fraction of sp³-hybridized carbons (Fsp3) is 0.533. The van der Waals surface area contributed by atoms with Crippen LogP contribution in [-0.2, 0) is 0 Å². The largest absolute Gasteiger partial charge is 0.492 e. The molecule has 1 fully saturated rings. The summed E-state index contributed by atoms with van der Waals surface area (Å²) in [5.41, 5.74) is 0.619. The number of urea groups is 1. The van der Waals surface area contributed by atoms with Gasteiger partial charge in [-0.1, -0.05) is 18.5 Å². The number of benzene rings is 1. The van der Waals surface area contributed by atoms with E-state index in [-0.39, 0.29) is 6.03 Å². The maximum absolute atomic E-state index is 12.1. The van der Waals surface area contributed by atoms with Gasteiger partial charge in [0.1, 0.15) is 5.75 Å². The van der Waals surface area contributed by atoms with Crippen molar-refractivity contribution in [2.75, 3.05) is 25.0 Å². The number of β-amino-alcohol motifs (C(OH)–C–C–N with tert-alkyl or cyclic N) is 1. The number of aliphatic hydroxyl groups is 1. The Morgan fingerprint density at radius 1 is 1.57 bits per heavy atom. The molecular formula is C15H21ClN2O3. The van der Waals surface area contributed by atoms with Crippen LogP contribution in [0, 0.1) is 0 Å². The quantitative estimate of drug-likeness (QED) is 0.898. The molecule has 1 aromatic rings. The van der Waals surface area contributed by atoms with Gasteiger partial charge < -0.3 is 20.1 Å². The van der Waals surface area contributed by atoms with Crippen molar-refractivity contribution in [2.24, 2.45) is 0 Å². The van der Waals surface area contributed by atoms with Gasteiger partial charge in [-0.2, -0.15) is 0 Å². The van der Waals surface area contributed by atoms with Crippen molar-refractivity contribution < 1.29 is 14.6 Å². The van der Waals surface area contributed by atoms with E-state index in [1.54, 1.807) is 23.1 Å². The first-order valence-corrected chi connectivity index (χ1v) is 7.64. The summed E-state index contributed by atoms with van der Waals surface area (Å²) < 4.78 is 5.49. The lowest BCUT2D eigenvalue weighted by Gasteiger charge is -2.30. The number of ether oxygens (including phenoxy) is 1. The van der Waals surface area contributed by atoms with Crippen molar-refractivity contribution in [1.29, 1.82) is 0 Å². The third-order valence-corrected chi connectivity index (χ3v) is 3.62. The van der Waals surface area contributed by atoms with E-state index in [4.69, 9.17) is 16.3 Å². The van der Waals surface area contributed by atoms with Gasteiger partial charge >= 0.3 is 6.03 Å². The zero-order valence-electron chi connectivity index (χ0n) is 12.1. The highest BCUT2D eigenvalue weighted by Crippen LogP contribution is 2.28. The second-order valence-electron chi connectivity index (χ2n) is 5.17. The van der Waals surface area contributed by atoms with Crippen molar-refractivity contribution >= 4 is 23.3 Å². The summed E-state index contributed by atoms with van der Waals surface area (Å²) in [7, 11) is 0. The highest BCUT2D eigenvalue weighted by atomic mass is 35.5. The van der Waals surface area contributed by atoms with Gasteiger partial charge in [0.25, 0.3) is 0 Å². The van der Waals surface area contributed by atoms with E-state index >= 15 is 0 Å². The zero-order valence-corrected chi connectivity index (χ0v) is 12.9. The van der Waals surface area contributed by atoms with Crippen LogP contribution >= 0.6 is 11.6 Å². The first-order valence-electron chi connectivity index (χ1n) is 7.26. The van der Waals surface area contributed by atoms with Gasteiger partial charge in [0.05, 0.1) is 17.7 Å². The lowest BCUT2D eigenvalue weighted by atomic mass is 10.1. The minimum Gasteiger partial charge on any atom is -0.492 e. The van der Waals surface area contributed by atoms with Crippen molar-refractivity contribution in [3.63, 3.8) is 0 Å². The fourth-order valence-electron chi connectivity index (χ4n) is 2.25. The molecule has 6 heteroatoms. The fourth-order valence-corrected chi connectivity index (χ4v) is 2.48. The monoisotopic (exact) mass is 312 g/mol. The molecule has 5 nitrogen and oxygen atoms in total. The van der Waals surface area contributed by atoms with Gasteiger partial charge in [0.2, 0.25) is 0 Å². The van der Waals surface area contributed by atoms with E-state index in [9.17, 15) is 9.90 Å². The van der Waals surface area contributed by atoms with E-state index in [1.807, 2.05) is 6.92 Å². The molecular weight excluding hydrogens is 292 g/mol. The Morgan fingerprint density at radius 3 is 3.05 bits per heavy atom. The van der Waals surface area contributed by atoms with Gasteiger partial charge in [-0.05, 0) is 37.5 Å². The van der Waals surface area contributed by atoms with Gasteiger partial charge in [0, 0.05) is 18.8 Å². The predicted octanol–water partition coefficient (Wildman–Crippen LogP) is 3.12. The van der Waals surface area contributed by atoms with Crippen LogP contribution in [0.15, 0.2) is 18.2 Å². The molecule has 1 heterocycles. The summed E-state index contributed by atoms with van der Waals surface area (Å²) in [6.07, 6.45) is 2.04. The van der Waals surface area contributed by atoms with Crippen molar-refractivity contribution in [3.8, 4) is 5.75 Å². The number of piperidine rings is 1. The molecule has 1 aromatic carbocycles. The van der Waals surface area contributed by atoms with Gasteiger partial charge in [-0.15, -0.1) is 0 Å². The predicted molar refractivity (Wildman–Crippen MR) is 83.1 cm³/mol. The number of rotatable bonds is 4. The molecule has 1 saturated heterocycles. The van der Waals surface area contributed by atoms with Crippen LogP contribution in [0.25, 0.3) is 0 Å². The average molecular weight is 313 g/mol. The first kappa shape index (κ1) is 15.9. The Morgan fingerprint density at radius 2 is 2.38 bits per heavy atom. The van der Waals surface area contributed by atoms with Crippen molar-refractivity contribution in [2.45, 2.75) is 32.3 Å². The third kappa shape index (κ3) is 4.51. The second-order valence-corrected chi connectivity index (χ2v) is 5.57. The molecule has 2 N–H and O–H groups in total. The second kappa shape index (κ2) is 7.52. The number of aliphatic hydroxyl groups excluding tert-OH is 1. The number of hydrogen-bond donors (Lipinski definition) is 2. The zero-order chi connectivity index (χ0) is 15.2. The molecule has 116 valence electrons. The van der Waals surface area contributed by atoms with Crippen LogP contribution in [0.2, 0.25) is 5.02 Å². The molecule has 0 saturated carbocycles. The van der Waals surface area contributed by atoms with Gasteiger partial charge in [-0.3, -0.25) is 0 Å². The Balaban J connectivity index is 1.96. The number of carbonyl (C=O) groups excluding carboxylic acids is 1. The molecule has 0 bridgehead atoms. The number of carbonyl (C=O) groups is 1. The smallest absolute Gasteiger partial charge is 0.321 e. The van der Waals surface area contributed by atoms with Gasteiger partial charge in [0.15, 0.2) is 0 Å². The summed E-state index contributed by atoms with van der Waals surface area (Å²) in [5, 5.41) is 12.9. The lowest BCUT2D eigenvalue weighted by molar-refractivity contribution is 0.0883. The van der Waals surface area contributed by atoms with E-state index in [0.717, 1.165) is 19.3 Å². The van der Waals surface area contributed by atoms with Crippen LogP contribution in [0.3, 0.4) is 0 Å². The Bertz CT molecular complexity index is 496. The molecule has 0 aliphatic carbocycles. The Kier molecular flexibility index (Phi) is 5.70. The summed E-state index contributed by atoms with van der Waals surface area (Å²) in [6.45, 7) is 3.66. The number of anilines is 1. The van der Waals surface area contributed by atoms with E-state index in [0.29, 0.717) is 36.2 Å². The average Bonchev–Trinajstić information content (AvgIpc) is 2.46. The van der Waals surface area contributed by atoms with Crippen LogP contribution < -0.4 is 10.1 Å². The molecule has 2 amide bonds. The maximum atomic E-state index is 12.1. The van der Waals surface area contributed by atoms with Crippen LogP contribution in [0.4, 0.5) is 10.5 Å². The molecule has 0 unspecified atom stereocenters. The first-order chi connectivity index (χ1) is 10.1. The number of amides is 2. The molecule has 0 aromatic heterocycles. The molecule has 2 rings (SSSR count). The number of likely N-dealkylation sites (tertiary alicyclic amines) is 1. The number of hydrogen-bond acceptors (Lipinski definition) is 3. The number of nitrogens with zero attached hydrogens (tertiary/aromatic N) is 1. The molecule has 0 radical (unpaired) electrons. The van der Waals surface area contributed by atoms with E-state index in [2.05, 4.69) is 5.32 Å². The Hall–Kier alpha value is -1.46. The summed E-state index contributed by atoms with van der Waals surface area (Å²) in [5.74, 6) is 0.616. The summed E-state index contributed by atoms with van der Waals surface area (Å²) in [6, 6.07) is 4.96. The summed E-state index contributed by atoms with van der Waals surface area (Å²) in [4.78, 5) is 13.7. The molecule has 1 aliphatic heterocycles. The molecule has 0 spiro atoms. The molecule has 1 aliphatic rings. The minimum absolute atomic E-state index is 0.216. The SMILES string of the molecule is CCCOc1ccc(NC(=O)N2CCC[C@@H](O)C2)cc1Cl. The summed E-state index contributed by atoms with van der Waals surface area (Å²) >= 11 is 6.13. The third-order valence-electron chi connectivity index (χ3n) is 3.33. The van der Waals surface area contributed by atoms with Crippen LogP contribution in [0.5, 0.6) is 5.75 Å². The highest BCUT2D eigenvalue weighted by Gasteiger charge is 2.22. The van der Waals surface area contributed by atoms with Crippen molar-refractivity contribution in [1.82, 2.24) is 4.90 Å². The molecule has 1 atom stereocenters. The topological polar surface area (TPSA) is 61.8 Å². The number of nitrogens with one attached hydrogen (secondary N) is 1. The highest BCUT2D eigenvalue weighted by molar-refractivity contribution is 6.32. The van der Waals surface area contributed by atoms with Crippen molar-refractivity contribution in [3.05, 3.63) is 23.2 Å². The normalized spacial score (nSPS) is 18.4. The van der Waals surface area contributed by atoms with E-state index < -0.39 is 6.10 Å². The maximum Gasteiger partial charge on any atom is 0.321 e. The standard InChI is InChI=1S/C15H21ClN2O3/c1-2-8-21-14-6-5-11(9-13(14)16)17-15(20)18-7-3-4-12(19)10-18/h5-6,9,12,19H,2-4,7-8,10H2,1H3,(H,17,20)/t12-/m1/s1. The minimum atomic E-state index is -0.432. The van der Waals surface area contributed by atoms with Crippen LogP contribution in [0.1, 0.15) is 26.2 Å². The molecule has 21 heavy (non-hydrogen) atoms. The van der Waals surface area contributed by atoms with Gasteiger partial charge in [-0.25, -0.2) is 4.79 Å². The number of halogens is 1.